The van der Waals surface area contributed by atoms with Gasteiger partial charge in [0.25, 0.3) is 5.69 Å². The monoisotopic (exact) mass is 286 g/mol. The van der Waals surface area contributed by atoms with Crippen LogP contribution in [0.1, 0.15) is 5.56 Å². The Morgan fingerprint density at radius 2 is 2.00 bits per heavy atom. The fraction of sp³-hybridized carbons (Fsp3) is 0.143. The first kappa shape index (κ1) is 13.7. The van der Waals surface area contributed by atoms with E-state index in [0.29, 0.717) is 12.1 Å². The number of alkyl halides is 3. The second-order valence-electron chi connectivity index (χ2n) is 2.76. The van der Waals surface area contributed by atoms with Gasteiger partial charge < -0.3 is 0 Å². The molecule has 0 N–H and O–H groups in total. The summed E-state index contributed by atoms with van der Waals surface area (Å²) in [4.78, 5) is 9.23. The van der Waals surface area contributed by atoms with Gasteiger partial charge in [-0.2, -0.15) is 13.2 Å². The highest BCUT2D eigenvalue weighted by molar-refractivity contribution is 8.39. The van der Waals surface area contributed by atoms with Crippen molar-refractivity contribution < 1.29 is 27.2 Å². The number of nitro groups is 1. The topological polar surface area (TPSA) is 69.4 Å². The fourth-order valence-electron chi connectivity index (χ4n) is 1.05. The van der Waals surface area contributed by atoms with Gasteiger partial charge in [0.1, 0.15) is 5.56 Å². The van der Waals surface area contributed by atoms with E-state index in [-0.39, 0.29) is 0 Å². The number of hydrogen-bond acceptors (Lipinski definition) is 4. The number of hydrogen-bond donors (Lipinski definition) is 1. The molecule has 17 heavy (non-hydrogen) atoms. The SMILES string of the molecule is O=[N+]([O-])c1ccc(O[P+](=O)S)cc1C(F)(F)F. The second-order valence-corrected chi connectivity index (χ2v) is 4.40. The fourth-order valence-corrected chi connectivity index (χ4v) is 1.63. The van der Waals surface area contributed by atoms with Crippen LogP contribution in [0, 0.1) is 10.1 Å². The Labute approximate surface area is 98.8 Å². The smallest absolute Gasteiger partial charge is 0.258 e. The van der Waals surface area contributed by atoms with Crippen LogP contribution in [-0.4, -0.2) is 4.92 Å². The largest absolute Gasteiger partial charge is 0.631 e. The first-order valence-electron chi connectivity index (χ1n) is 3.91. The van der Waals surface area contributed by atoms with Crippen LogP contribution in [0.3, 0.4) is 0 Å². The molecule has 0 aliphatic rings. The molecule has 0 radical (unpaired) electrons. The molecule has 0 spiro atoms. The summed E-state index contributed by atoms with van der Waals surface area (Å²) in [5.41, 5.74) is -2.57. The summed E-state index contributed by atoms with van der Waals surface area (Å²) >= 11 is 3.35. The molecular weight excluding hydrogens is 282 g/mol. The van der Waals surface area contributed by atoms with Gasteiger partial charge in [0.05, 0.1) is 4.92 Å². The predicted molar refractivity (Wildman–Crippen MR) is 55.3 cm³/mol. The maximum absolute atomic E-state index is 12.5. The van der Waals surface area contributed by atoms with Crippen LogP contribution < -0.4 is 4.52 Å². The molecule has 0 aromatic heterocycles. The molecule has 1 atom stereocenters. The lowest BCUT2D eigenvalue weighted by Crippen LogP contribution is -2.08. The van der Waals surface area contributed by atoms with E-state index in [2.05, 4.69) is 16.8 Å². The van der Waals surface area contributed by atoms with Gasteiger partial charge in [-0.05, 0) is 10.6 Å². The molecule has 1 aromatic rings. The molecular formula is C7H4F3NO4PS+. The zero-order chi connectivity index (χ0) is 13.2. The van der Waals surface area contributed by atoms with Gasteiger partial charge in [-0.1, -0.05) is 0 Å². The minimum atomic E-state index is -4.90. The Kier molecular flexibility index (Phi) is 3.94. The summed E-state index contributed by atoms with van der Waals surface area (Å²) in [7, 11) is -2.44. The number of rotatable bonds is 3. The lowest BCUT2D eigenvalue weighted by atomic mass is 10.1. The molecule has 0 aliphatic heterocycles. The lowest BCUT2D eigenvalue weighted by molar-refractivity contribution is -0.388. The third-order valence-electron chi connectivity index (χ3n) is 1.65. The lowest BCUT2D eigenvalue weighted by Gasteiger charge is -2.07. The van der Waals surface area contributed by atoms with Crippen LogP contribution in [0.25, 0.3) is 0 Å². The molecule has 0 fully saturated rings. The van der Waals surface area contributed by atoms with Gasteiger partial charge in [0.2, 0.25) is 0 Å². The molecule has 0 saturated heterocycles. The molecule has 0 amide bonds. The maximum atomic E-state index is 12.5. The van der Waals surface area contributed by atoms with E-state index in [4.69, 9.17) is 0 Å². The van der Waals surface area contributed by atoms with Crippen molar-refractivity contribution in [1.29, 1.82) is 0 Å². The Bertz CT molecular complexity index is 479. The molecule has 92 valence electrons. The van der Waals surface area contributed by atoms with Crippen molar-refractivity contribution in [2.45, 2.75) is 6.18 Å². The van der Waals surface area contributed by atoms with Gasteiger partial charge in [-0.25, -0.2) is 4.52 Å². The molecule has 0 aliphatic carbocycles. The van der Waals surface area contributed by atoms with Gasteiger partial charge in [0.15, 0.2) is 18.0 Å². The summed E-state index contributed by atoms with van der Waals surface area (Å²) in [6, 6.07) is 1.95. The van der Waals surface area contributed by atoms with E-state index < -0.39 is 35.3 Å². The average molecular weight is 286 g/mol. The maximum Gasteiger partial charge on any atom is 0.631 e. The average Bonchev–Trinajstić information content (AvgIpc) is 2.14. The van der Waals surface area contributed by atoms with E-state index in [1.807, 2.05) is 0 Å². The molecule has 10 heteroatoms. The molecule has 5 nitrogen and oxygen atoms in total. The molecule has 0 bridgehead atoms. The van der Waals surface area contributed by atoms with Crippen LogP contribution in [-0.2, 0) is 10.7 Å². The standard InChI is InChI=1S/C7H3F3NO4PS/c8-7(9,10)5-3-4(15-16(14)17)1-2-6(5)11(12)13/h1-3H/p+1. The summed E-state index contributed by atoms with van der Waals surface area (Å²) < 4.78 is 52.4. The summed E-state index contributed by atoms with van der Waals surface area (Å²) in [5.74, 6) is -0.404. The summed E-state index contributed by atoms with van der Waals surface area (Å²) in [5, 5.41) is 10.4. The Morgan fingerprint density at radius 1 is 1.41 bits per heavy atom. The zero-order valence-corrected chi connectivity index (χ0v) is 9.63. The van der Waals surface area contributed by atoms with Crippen LogP contribution >= 0.6 is 19.5 Å². The van der Waals surface area contributed by atoms with Crippen molar-refractivity contribution in [2.24, 2.45) is 0 Å². The minimum absolute atomic E-state index is 0.404. The molecule has 1 aromatic carbocycles. The van der Waals surface area contributed by atoms with E-state index in [1.54, 1.807) is 0 Å². The van der Waals surface area contributed by atoms with Crippen LogP contribution in [0.15, 0.2) is 18.2 Å². The number of benzene rings is 1. The molecule has 0 saturated carbocycles. The Morgan fingerprint density at radius 3 is 2.41 bits per heavy atom. The Hall–Kier alpha value is -1.34. The van der Waals surface area contributed by atoms with Crippen LogP contribution in [0.4, 0.5) is 18.9 Å². The molecule has 0 heterocycles. The number of nitro benzene ring substituents is 1. The van der Waals surface area contributed by atoms with Crippen molar-refractivity contribution >= 4 is 25.2 Å². The summed E-state index contributed by atoms with van der Waals surface area (Å²) in [6.45, 7) is 0. The van der Waals surface area contributed by atoms with E-state index in [0.717, 1.165) is 6.07 Å². The van der Waals surface area contributed by atoms with Crippen LogP contribution in [0.5, 0.6) is 5.75 Å². The van der Waals surface area contributed by atoms with Gasteiger partial charge >= 0.3 is 13.4 Å². The van der Waals surface area contributed by atoms with Crippen molar-refractivity contribution in [3.63, 3.8) is 0 Å². The third-order valence-corrected chi connectivity index (χ3v) is 2.27. The summed E-state index contributed by atoms with van der Waals surface area (Å²) in [6.07, 6.45) is -4.90. The predicted octanol–water partition coefficient (Wildman–Crippen LogP) is 3.58. The number of thiol groups is 1. The third kappa shape index (κ3) is 3.57. The van der Waals surface area contributed by atoms with Gasteiger partial charge in [-0.3, -0.25) is 10.1 Å². The van der Waals surface area contributed by atoms with Crippen LogP contribution in [0.2, 0.25) is 0 Å². The van der Waals surface area contributed by atoms with Crippen molar-refractivity contribution in [1.82, 2.24) is 0 Å². The second kappa shape index (κ2) is 4.89. The Balaban J connectivity index is 3.29. The van der Waals surface area contributed by atoms with Gasteiger partial charge in [0, 0.05) is 12.1 Å². The van der Waals surface area contributed by atoms with Gasteiger partial charge in [-0.15, -0.1) is 0 Å². The van der Waals surface area contributed by atoms with E-state index >= 15 is 0 Å². The van der Waals surface area contributed by atoms with E-state index in [1.165, 1.54) is 0 Å². The quantitative estimate of drug-likeness (QED) is 0.399. The highest BCUT2D eigenvalue weighted by atomic mass is 32.7. The van der Waals surface area contributed by atoms with Crippen molar-refractivity contribution in [3.8, 4) is 5.75 Å². The molecule has 1 unspecified atom stereocenters. The normalized spacial score (nSPS) is 12.1. The first-order valence-corrected chi connectivity index (χ1v) is 6.24. The zero-order valence-electron chi connectivity index (χ0n) is 7.84. The highest BCUT2D eigenvalue weighted by Crippen LogP contribution is 2.40. The number of halogens is 3. The van der Waals surface area contributed by atoms with Crippen molar-refractivity contribution in [3.05, 3.63) is 33.9 Å². The minimum Gasteiger partial charge on any atom is -0.258 e. The number of nitrogens with zero attached hydrogens (tertiary/aromatic N) is 1. The molecule has 1 rings (SSSR count). The first-order chi connectivity index (χ1) is 7.71. The van der Waals surface area contributed by atoms with Crippen molar-refractivity contribution in [2.75, 3.05) is 0 Å². The highest BCUT2D eigenvalue weighted by Gasteiger charge is 2.39. The van der Waals surface area contributed by atoms with E-state index in [9.17, 15) is 27.9 Å².